The number of hydrogen-bond acceptors (Lipinski definition) is 3. The maximum absolute atomic E-state index is 12.2. The molecule has 1 aromatic rings. The van der Waals surface area contributed by atoms with Crippen LogP contribution in [-0.4, -0.2) is 34.9 Å². The van der Waals surface area contributed by atoms with Crippen molar-refractivity contribution in [2.45, 2.75) is 25.3 Å². The van der Waals surface area contributed by atoms with Crippen molar-refractivity contribution in [3.8, 4) is 0 Å². The summed E-state index contributed by atoms with van der Waals surface area (Å²) in [6.07, 6.45) is 4.56. The summed E-state index contributed by atoms with van der Waals surface area (Å²) >= 11 is 0. The van der Waals surface area contributed by atoms with E-state index in [1.54, 1.807) is 11.0 Å². The lowest BCUT2D eigenvalue weighted by molar-refractivity contribution is 0.0623. The van der Waals surface area contributed by atoms with Gasteiger partial charge in [-0.15, -0.1) is 12.4 Å². The third kappa shape index (κ3) is 3.11. The molecule has 0 saturated carbocycles. The van der Waals surface area contributed by atoms with Crippen molar-refractivity contribution >= 4 is 18.3 Å². The molecule has 0 bridgehead atoms. The predicted molar refractivity (Wildman–Crippen MR) is 72.0 cm³/mol. The molecule has 3 N–H and O–H groups in total. The molecule has 100 valence electrons. The highest BCUT2D eigenvalue weighted by Gasteiger charge is 2.26. The minimum Gasteiger partial charge on any atom is -0.334 e. The first-order valence-corrected chi connectivity index (χ1v) is 5.92. The van der Waals surface area contributed by atoms with Crippen molar-refractivity contribution in [3.63, 3.8) is 0 Å². The van der Waals surface area contributed by atoms with Crippen LogP contribution in [-0.2, 0) is 0 Å². The highest BCUT2D eigenvalue weighted by Crippen LogP contribution is 2.18. The SMILES string of the molecule is Cl.NCC1CCCCN1C(=O)c1cc[nH]c(=O)c1. The second kappa shape index (κ2) is 6.56. The normalized spacial score (nSPS) is 19.2. The molecule has 0 spiro atoms. The third-order valence-electron chi connectivity index (χ3n) is 3.18. The summed E-state index contributed by atoms with van der Waals surface area (Å²) in [5, 5.41) is 0. The van der Waals surface area contributed by atoms with E-state index in [1.165, 1.54) is 12.3 Å². The summed E-state index contributed by atoms with van der Waals surface area (Å²) < 4.78 is 0. The highest BCUT2D eigenvalue weighted by molar-refractivity contribution is 5.94. The Morgan fingerprint density at radius 2 is 2.28 bits per heavy atom. The van der Waals surface area contributed by atoms with Crippen LogP contribution in [0.2, 0.25) is 0 Å². The van der Waals surface area contributed by atoms with Crippen molar-refractivity contribution in [2.75, 3.05) is 13.1 Å². The number of piperidine rings is 1. The van der Waals surface area contributed by atoms with Gasteiger partial charge >= 0.3 is 0 Å². The van der Waals surface area contributed by atoms with Gasteiger partial charge in [-0.25, -0.2) is 0 Å². The number of pyridine rings is 1. The summed E-state index contributed by atoms with van der Waals surface area (Å²) in [4.78, 5) is 27.7. The minimum atomic E-state index is -0.253. The van der Waals surface area contributed by atoms with Crippen molar-refractivity contribution < 1.29 is 4.79 Å². The number of H-pyrrole nitrogens is 1. The Morgan fingerprint density at radius 3 is 2.94 bits per heavy atom. The lowest BCUT2D eigenvalue weighted by atomic mass is 10.0. The van der Waals surface area contributed by atoms with Crippen LogP contribution in [0, 0.1) is 0 Å². The Labute approximate surface area is 112 Å². The molecule has 1 amide bonds. The van der Waals surface area contributed by atoms with Gasteiger partial charge in [0.05, 0.1) is 0 Å². The molecule has 1 atom stereocenters. The maximum atomic E-state index is 12.2. The average Bonchev–Trinajstić information content (AvgIpc) is 2.38. The summed E-state index contributed by atoms with van der Waals surface area (Å²) in [5.74, 6) is -0.0914. The highest BCUT2D eigenvalue weighted by atomic mass is 35.5. The molecule has 5 nitrogen and oxygen atoms in total. The van der Waals surface area contributed by atoms with Gasteiger partial charge in [-0.2, -0.15) is 0 Å². The van der Waals surface area contributed by atoms with E-state index in [1.807, 2.05) is 0 Å². The standard InChI is InChI=1S/C12H17N3O2.ClH/c13-8-10-3-1-2-6-15(10)12(17)9-4-5-14-11(16)7-9;/h4-5,7,10H,1-3,6,8,13H2,(H,14,16);1H. The van der Waals surface area contributed by atoms with Crippen LogP contribution < -0.4 is 11.3 Å². The van der Waals surface area contributed by atoms with Gasteiger partial charge in [0, 0.05) is 37.0 Å². The van der Waals surface area contributed by atoms with Gasteiger partial charge in [-0.05, 0) is 25.3 Å². The number of hydrogen-bond donors (Lipinski definition) is 2. The van der Waals surface area contributed by atoms with Crippen LogP contribution in [0.5, 0.6) is 0 Å². The van der Waals surface area contributed by atoms with Crippen LogP contribution >= 0.6 is 12.4 Å². The summed E-state index contributed by atoms with van der Waals surface area (Å²) in [5.41, 5.74) is 5.86. The lowest BCUT2D eigenvalue weighted by Gasteiger charge is -2.35. The second-order valence-corrected chi connectivity index (χ2v) is 4.33. The first-order chi connectivity index (χ1) is 8.22. The number of rotatable bonds is 2. The van der Waals surface area contributed by atoms with Crippen LogP contribution in [0.3, 0.4) is 0 Å². The number of amides is 1. The van der Waals surface area contributed by atoms with E-state index < -0.39 is 0 Å². The topological polar surface area (TPSA) is 79.2 Å². The zero-order chi connectivity index (χ0) is 12.3. The predicted octanol–water partition coefficient (Wildman–Crippen LogP) is 0.750. The molecule has 2 heterocycles. The van der Waals surface area contributed by atoms with E-state index in [-0.39, 0.29) is 29.9 Å². The van der Waals surface area contributed by atoms with E-state index in [0.717, 1.165) is 25.8 Å². The fraction of sp³-hybridized carbons (Fsp3) is 0.500. The van der Waals surface area contributed by atoms with E-state index in [9.17, 15) is 9.59 Å². The number of nitrogens with two attached hydrogens (primary N) is 1. The Bertz CT molecular complexity index is 461. The smallest absolute Gasteiger partial charge is 0.254 e. The molecule has 2 rings (SSSR count). The molecule has 0 radical (unpaired) electrons. The number of aromatic nitrogens is 1. The van der Waals surface area contributed by atoms with Gasteiger partial charge in [0.15, 0.2) is 0 Å². The van der Waals surface area contributed by atoms with Gasteiger partial charge in [-0.1, -0.05) is 0 Å². The molecular weight excluding hydrogens is 254 g/mol. The van der Waals surface area contributed by atoms with Crippen molar-refractivity contribution in [1.29, 1.82) is 0 Å². The largest absolute Gasteiger partial charge is 0.334 e. The maximum Gasteiger partial charge on any atom is 0.254 e. The molecule has 0 aliphatic carbocycles. The monoisotopic (exact) mass is 271 g/mol. The lowest BCUT2D eigenvalue weighted by Crippen LogP contribution is -2.47. The summed E-state index contributed by atoms with van der Waals surface area (Å²) in [6.45, 7) is 1.21. The number of carbonyl (C=O) groups excluding carboxylic acids is 1. The molecule has 1 aromatic heterocycles. The Balaban J connectivity index is 0.00000162. The van der Waals surface area contributed by atoms with Gasteiger partial charge in [0.1, 0.15) is 0 Å². The number of likely N-dealkylation sites (tertiary alicyclic amines) is 1. The number of carbonyl (C=O) groups is 1. The zero-order valence-corrected chi connectivity index (χ0v) is 10.9. The van der Waals surface area contributed by atoms with Crippen molar-refractivity contribution in [3.05, 3.63) is 34.2 Å². The van der Waals surface area contributed by atoms with Crippen LogP contribution in [0.25, 0.3) is 0 Å². The molecule has 18 heavy (non-hydrogen) atoms. The van der Waals surface area contributed by atoms with Crippen LogP contribution in [0.4, 0.5) is 0 Å². The molecule has 1 aliphatic heterocycles. The summed E-state index contributed by atoms with van der Waals surface area (Å²) in [7, 11) is 0. The van der Waals surface area contributed by atoms with Crippen LogP contribution in [0.1, 0.15) is 29.6 Å². The second-order valence-electron chi connectivity index (χ2n) is 4.33. The Morgan fingerprint density at radius 1 is 1.50 bits per heavy atom. The first-order valence-electron chi connectivity index (χ1n) is 5.92. The Kier molecular flexibility index (Phi) is 5.37. The molecule has 1 aliphatic rings. The van der Waals surface area contributed by atoms with Gasteiger partial charge in [0.2, 0.25) is 5.56 Å². The number of nitrogens with zero attached hydrogens (tertiary/aromatic N) is 1. The first kappa shape index (κ1) is 14.7. The van der Waals surface area contributed by atoms with E-state index in [2.05, 4.69) is 4.98 Å². The van der Waals surface area contributed by atoms with Gasteiger partial charge < -0.3 is 15.6 Å². The molecule has 0 aromatic carbocycles. The van der Waals surface area contributed by atoms with E-state index in [4.69, 9.17) is 5.73 Å². The van der Waals surface area contributed by atoms with Crippen molar-refractivity contribution in [2.24, 2.45) is 5.73 Å². The average molecular weight is 272 g/mol. The van der Waals surface area contributed by atoms with E-state index in [0.29, 0.717) is 12.1 Å². The molecule has 1 unspecified atom stereocenters. The molecule has 1 fully saturated rings. The minimum absolute atomic E-state index is 0. The number of halogens is 1. The number of nitrogens with one attached hydrogen (secondary N) is 1. The molecular formula is C12H18ClN3O2. The van der Waals surface area contributed by atoms with Gasteiger partial charge in [-0.3, -0.25) is 9.59 Å². The molecule has 1 saturated heterocycles. The van der Waals surface area contributed by atoms with E-state index >= 15 is 0 Å². The van der Waals surface area contributed by atoms with Gasteiger partial charge in [0.25, 0.3) is 5.91 Å². The zero-order valence-electron chi connectivity index (χ0n) is 10.1. The Hall–Kier alpha value is -1.33. The van der Waals surface area contributed by atoms with Crippen LogP contribution in [0.15, 0.2) is 23.1 Å². The number of aromatic amines is 1. The fourth-order valence-corrected chi connectivity index (χ4v) is 2.26. The third-order valence-corrected chi connectivity index (χ3v) is 3.18. The fourth-order valence-electron chi connectivity index (χ4n) is 2.26. The molecule has 6 heteroatoms. The quantitative estimate of drug-likeness (QED) is 0.833. The summed E-state index contributed by atoms with van der Waals surface area (Å²) in [6, 6.07) is 3.08. The van der Waals surface area contributed by atoms with Crippen molar-refractivity contribution in [1.82, 2.24) is 9.88 Å².